The van der Waals surface area contributed by atoms with Crippen LogP contribution in [0.2, 0.25) is 0 Å². The quantitative estimate of drug-likeness (QED) is 0.605. The van der Waals surface area contributed by atoms with Crippen molar-refractivity contribution in [3.63, 3.8) is 0 Å². The minimum atomic E-state index is -3.35. The highest BCUT2D eigenvalue weighted by Gasteiger charge is 2.02. The average Bonchev–Trinajstić information content (AvgIpc) is 2.49. The zero-order chi connectivity index (χ0) is 11.3. The molecule has 15 heavy (non-hydrogen) atoms. The third-order valence-electron chi connectivity index (χ3n) is 2.01. The van der Waals surface area contributed by atoms with Gasteiger partial charge in [0.05, 0.1) is 5.75 Å². The zero-order valence-corrected chi connectivity index (χ0v) is 9.50. The summed E-state index contributed by atoms with van der Waals surface area (Å²) >= 11 is 0. The average molecular weight is 232 g/mol. The first kappa shape index (κ1) is 12.2. The fourth-order valence-electron chi connectivity index (χ4n) is 1.18. The lowest BCUT2D eigenvalue weighted by Crippen LogP contribution is -2.28. The van der Waals surface area contributed by atoms with Gasteiger partial charge in [-0.2, -0.15) is 0 Å². The highest BCUT2D eigenvalue weighted by atomic mass is 32.2. The van der Waals surface area contributed by atoms with Crippen LogP contribution in [0.25, 0.3) is 0 Å². The molecule has 0 aromatic carbocycles. The molecule has 1 aromatic rings. The van der Waals surface area contributed by atoms with E-state index in [4.69, 9.17) is 5.14 Å². The first-order valence-electron chi connectivity index (χ1n) is 4.66. The number of aromatic nitrogens is 2. The van der Waals surface area contributed by atoms with Gasteiger partial charge in [0.2, 0.25) is 10.0 Å². The van der Waals surface area contributed by atoms with Crippen molar-refractivity contribution in [1.29, 1.82) is 0 Å². The van der Waals surface area contributed by atoms with Crippen LogP contribution in [-0.4, -0.2) is 36.8 Å². The molecule has 3 N–H and O–H groups in total. The van der Waals surface area contributed by atoms with Crippen LogP contribution in [0.15, 0.2) is 12.4 Å². The molecule has 86 valence electrons. The number of aryl methyl sites for hydroxylation is 1. The molecule has 0 atom stereocenters. The third kappa shape index (κ3) is 4.91. The number of sulfonamides is 1. The van der Waals surface area contributed by atoms with Crippen LogP contribution in [0.4, 0.5) is 0 Å². The van der Waals surface area contributed by atoms with Crippen LogP contribution in [0.5, 0.6) is 0 Å². The van der Waals surface area contributed by atoms with Gasteiger partial charge < -0.3 is 9.88 Å². The van der Waals surface area contributed by atoms with Crippen molar-refractivity contribution in [1.82, 2.24) is 14.9 Å². The second-order valence-corrected chi connectivity index (χ2v) is 5.06. The monoisotopic (exact) mass is 232 g/mol. The Bertz CT molecular complexity index is 399. The number of rotatable bonds is 6. The molecule has 6 nitrogen and oxygen atoms in total. The molecular weight excluding hydrogens is 216 g/mol. The minimum absolute atomic E-state index is 0.0342. The van der Waals surface area contributed by atoms with E-state index < -0.39 is 10.0 Å². The molecule has 7 heteroatoms. The van der Waals surface area contributed by atoms with Crippen LogP contribution in [0.3, 0.4) is 0 Å². The molecule has 0 spiro atoms. The van der Waals surface area contributed by atoms with Gasteiger partial charge in [-0.1, -0.05) is 0 Å². The Kier molecular flexibility index (Phi) is 4.25. The van der Waals surface area contributed by atoms with E-state index in [0.29, 0.717) is 13.1 Å². The van der Waals surface area contributed by atoms with Crippen molar-refractivity contribution in [2.24, 2.45) is 12.2 Å². The maximum atomic E-state index is 10.6. The number of hydrogen-bond acceptors (Lipinski definition) is 4. The lowest BCUT2D eigenvalue weighted by atomic mass is 10.4. The summed E-state index contributed by atoms with van der Waals surface area (Å²) in [5, 5.41) is 7.85. The maximum absolute atomic E-state index is 10.6. The van der Waals surface area contributed by atoms with E-state index in [1.54, 1.807) is 6.20 Å². The summed E-state index contributed by atoms with van der Waals surface area (Å²) in [7, 11) is -1.43. The topological polar surface area (TPSA) is 90.0 Å². The number of nitrogens with zero attached hydrogens (tertiary/aromatic N) is 2. The van der Waals surface area contributed by atoms with Gasteiger partial charge >= 0.3 is 0 Å². The van der Waals surface area contributed by atoms with E-state index in [2.05, 4.69) is 10.3 Å². The number of nitrogens with two attached hydrogens (primary N) is 1. The van der Waals surface area contributed by atoms with Crippen molar-refractivity contribution < 1.29 is 8.42 Å². The van der Waals surface area contributed by atoms with Crippen LogP contribution >= 0.6 is 0 Å². The summed E-state index contributed by atoms with van der Waals surface area (Å²) in [5.41, 5.74) is 0. The van der Waals surface area contributed by atoms with Crippen LogP contribution in [0, 0.1) is 0 Å². The molecule has 0 aliphatic rings. The molecule has 1 aromatic heterocycles. The lowest BCUT2D eigenvalue weighted by molar-refractivity contribution is 0.591. The van der Waals surface area contributed by atoms with E-state index in [1.165, 1.54) is 0 Å². The molecule has 0 fully saturated rings. The van der Waals surface area contributed by atoms with Crippen LogP contribution in [0.1, 0.15) is 5.82 Å². The van der Waals surface area contributed by atoms with Gasteiger partial charge in [0, 0.05) is 39.0 Å². The summed E-state index contributed by atoms with van der Waals surface area (Å²) in [6, 6.07) is 0. The fourth-order valence-corrected chi connectivity index (χ4v) is 1.61. The van der Waals surface area contributed by atoms with Gasteiger partial charge in [-0.15, -0.1) is 0 Å². The smallest absolute Gasteiger partial charge is 0.210 e. The van der Waals surface area contributed by atoms with Crippen molar-refractivity contribution in [2.75, 3.05) is 18.8 Å². The van der Waals surface area contributed by atoms with Crippen molar-refractivity contribution in [3.05, 3.63) is 18.2 Å². The van der Waals surface area contributed by atoms with Crippen LogP contribution in [-0.2, 0) is 23.5 Å². The standard InChI is InChI=1S/C8H16N4O2S/c1-12-6-4-11-8(12)2-3-10-5-7-15(9,13)14/h4,6,10H,2-3,5,7H2,1H3,(H2,9,13,14). The molecule has 0 radical (unpaired) electrons. The second-order valence-electron chi connectivity index (χ2n) is 3.32. The highest BCUT2D eigenvalue weighted by molar-refractivity contribution is 7.89. The Morgan fingerprint density at radius 2 is 2.27 bits per heavy atom. The van der Waals surface area contributed by atoms with Gasteiger partial charge in [-0.3, -0.25) is 0 Å². The fraction of sp³-hybridized carbons (Fsp3) is 0.625. The number of hydrogen-bond donors (Lipinski definition) is 2. The second kappa shape index (κ2) is 5.24. The van der Waals surface area contributed by atoms with Gasteiger partial charge in [0.15, 0.2) is 0 Å². The number of imidazole rings is 1. The number of primary sulfonamides is 1. The van der Waals surface area contributed by atoms with E-state index in [-0.39, 0.29) is 5.75 Å². The molecular formula is C8H16N4O2S. The van der Waals surface area contributed by atoms with E-state index >= 15 is 0 Å². The summed E-state index contributed by atoms with van der Waals surface area (Å²) in [6.07, 6.45) is 4.38. The SMILES string of the molecule is Cn1ccnc1CCNCCS(N)(=O)=O. The van der Waals surface area contributed by atoms with Crippen molar-refractivity contribution in [3.8, 4) is 0 Å². The van der Waals surface area contributed by atoms with E-state index in [1.807, 2.05) is 17.8 Å². The Morgan fingerprint density at radius 1 is 1.53 bits per heavy atom. The molecule has 0 aliphatic heterocycles. The van der Waals surface area contributed by atoms with Gasteiger partial charge in [-0.05, 0) is 0 Å². The van der Waals surface area contributed by atoms with Crippen molar-refractivity contribution in [2.45, 2.75) is 6.42 Å². The van der Waals surface area contributed by atoms with Gasteiger partial charge in [-0.25, -0.2) is 18.5 Å². The number of nitrogens with one attached hydrogen (secondary N) is 1. The lowest BCUT2D eigenvalue weighted by Gasteiger charge is -2.03. The predicted octanol–water partition coefficient (Wildman–Crippen LogP) is -1.16. The first-order chi connectivity index (χ1) is 6.99. The Balaban J connectivity index is 2.15. The molecule has 0 aliphatic carbocycles. The molecule has 1 rings (SSSR count). The maximum Gasteiger partial charge on any atom is 0.210 e. The van der Waals surface area contributed by atoms with Gasteiger partial charge in [0.25, 0.3) is 0 Å². The minimum Gasteiger partial charge on any atom is -0.338 e. The van der Waals surface area contributed by atoms with Crippen molar-refractivity contribution >= 4 is 10.0 Å². The summed E-state index contributed by atoms with van der Waals surface area (Å²) in [4.78, 5) is 4.14. The Hall–Kier alpha value is -0.920. The molecule has 0 bridgehead atoms. The van der Waals surface area contributed by atoms with E-state index in [9.17, 15) is 8.42 Å². The molecule has 1 heterocycles. The Labute approximate surface area is 89.5 Å². The molecule has 0 unspecified atom stereocenters. The highest BCUT2D eigenvalue weighted by Crippen LogP contribution is 1.93. The normalized spacial score (nSPS) is 11.9. The third-order valence-corrected chi connectivity index (χ3v) is 2.78. The zero-order valence-electron chi connectivity index (χ0n) is 8.68. The summed E-state index contributed by atoms with van der Waals surface area (Å²) in [5.74, 6) is 0.936. The Morgan fingerprint density at radius 3 is 2.80 bits per heavy atom. The first-order valence-corrected chi connectivity index (χ1v) is 6.38. The summed E-state index contributed by atoms with van der Waals surface area (Å²) in [6.45, 7) is 1.07. The largest absolute Gasteiger partial charge is 0.338 e. The van der Waals surface area contributed by atoms with Crippen LogP contribution < -0.4 is 10.5 Å². The molecule has 0 amide bonds. The van der Waals surface area contributed by atoms with E-state index in [0.717, 1.165) is 12.2 Å². The predicted molar refractivity (Wildman–Crippen MR) is 57.8 cm³/mol. The summed E-state index contributed by atoms with van der Waals surface area (Å²) < 4.78 is 23.1. The molecule has 0 saturated heterocycles. The molecule has 0 saturated carbocycles. The van der Waals surface area contributed by atoms with Gasteiger partial charge in [0.1, 0.15) is 5.82 Å².